The molecule has 0 aromatic heterocycles. The number of carbonyl (C=O) groups is 1. The lowest BCUT2D eigenvalue weighted by atomic mass is 10.00. The van der Waals surface area contributed by atoms with Crippen LogP contribution in [0.2, 0.25) is 0 Å². The number of likely N-dealkylation sites (tertiary alicyclic amines) is 1. The van der Waals surface area contributed by atoms with Crippen LogP contribution in [0.5, 0.6) is 0 Å². The third-order valence-corrected chi connectivity index (χ3v) is 8.28. The van der Waals surface area contributed by atoms with Crippen LogP contribution in [0.4, 0.5) is 18.9 Å². The van der Waals surface area contributed by atoms with Gasteiger partial charge in [0.05, 0.1) is 23.2 Å². The number of hydrogen-bond acceptors (Lipinski definition) is 8. The van der Waals surface area contributed by atoms with Crippen LogP contribution in [0.1, 0.15) is 56.0 Å². The van der Waals surface area contributed by atoms with E-state index in [4.69, 9.17) is 11.6 Å². The number of hydrazine groups is 1. The Morgan fingerprint density at radius 1 is 1.18 bits per heavy atom. The van der Waals surface area contributed by atoms with Gasteiger partial charge in [0.25, 0.3) is 5.91 Å². The molecule has 5 N–H and O–H groups in total. The zero-order valence-corrected chi connectivity index (χ0v) is 27.4. The minimum Gasteiger partial charge on any atom is -0.397 e. The number of allylic oxidation sites excluding steroid dienone is 5. The standard InChI is InChI=1S/C33H47F3N8O/c1-21(2)42(8)39-19-23(4)29(37)20-44(38)31-17-25(10-9-22(31)3)32(45)40-26-11-12-30(24(5)28(18-26)33(34,35)36)43-15-13-27(14-16-43)41(6)7/h9-10,12,17-21,27H,4,11,13-16,37-38H2,1-3,5-8H3,(H,40,45)/b29-20-,39-19-. The van der Waals surface area contributed by atoms with Gasteiger partial charge in [0.1, 0.15) is 0 Å². The Hall–Kier alpha value is -4.03. The summed E-state index contributed by atoms with van der Waals surface area (Å²) in [4.78, 5) is 17.5. The first-order chi connectivity index (χ1) is 21.0. The molecular formula is C33H47F3N8O. The number of piperidine rings is 1. The van der Waals surface area contributed by atoms with Crippen molar-refractivity contribution in [2.24, 2.45) is 16.7 Å². The lowest BCUT2D eigenvalue weighted by Crippen LogP contribution is -2.41. The van der Waals surface area contributed by atoms with Crippen LogP contribution in [-0.4, -0.2) is 79.4 Å². The van der Waals surface area contributed by atoms with E-state index in [0.717, 1.165) is 24.5 Å². The average molecular weight is 629 g/mol. The molecule has 1 fully saturated rings. The van der Waals surface area contributed by atoms with Crippen LogP contribution >= 0.6 is 0 Å². The van der Waals surface area contributed by atoms with Gasteiger partial charge in [-0.2, -0.15) is 18.3 Å². The molecule has 2 aliphatic rings. The second-order valence-electron chi connectivity index (χ2n) is 12.1. The highest BCUT2D eigenvalue weighted by molar-refractivity contribution is 5.96. The number of alkyl halides is 3. The molecule has 1 aliphatic heterocycles. The number of hydrogen-bond donors (Lipinski definition) is 3. The Kier molecular flexibility index (Phi) is 11.7. The first kappa shape index (κ1) is 35.4. The molecule has 1 saturated heterocycles. The monoisotopic (exact) mass is 628 g/mol. The molecule has 0 spiro atoms. The molecule has 3 rings (SSSR count). The SMILES string of the molecule is C=C(/C=N\N(C)C(C)C)/C(N)=C/N(N)c1cc(C(=O)NC2=CC(C(F)(F)F)=C(C)C(N3CCC(N(C)C)CC3)=CC2)ccc1C. The van der Waals surface area contributed by atoms with Crippen molar-refractivity contribution in [3.05, 3.63) is 88.1 Å². The molecule has 0 unspecified atom stereocenters. The maximum absolute atomic E-state index is 14.3. The van der Waals surface area contributed by atoms with Crippen molar-refractivity contribution >= 4 is 17.8 Å². The van der Waals surface area contributed by atoms with Gasteiger partial charge in [-0.1, -0.05) is 18.7 Å². The number of halogens is 3. The Balaban J connectivity index is 1.82. The van der Waals surface area contributed by atoms with Gasteiger partial charge in [-0.25, -0.2) is 5.84 Å². The summed E-state index contributed by atoms with van der Waals surface area (Å²) >= 11 is 0. The molecule has 45 heavy (non-hydrogen) atoms. The summed E-state index contributed by atoms with van der Waals surface area (Å²) < 4.78 is 42.8. The summed E-state index contributed by atoms with van der Waals surface area (Å²) in [6, 6.07) is 5.47. The van der Waals surface area contributed by atoms with Gasteiger partial charge in [-0.15, -0.1) is 0 Å². The zero-order valence-electron chi connectivity index (χ0n) is 27.4. The van der Waals surface area contributed by atoms with Gasteiger partial charge < -0.3 is 20.9 Å². The van der Waals surface area contributed by atoms with Gasteiger partial charge >= 0.3 is 6.18 Å². The largest absolute Gasteiger partial charge is 0.416 e. The Bertz CT molecular complexity index is 1410. The molecule has 1 aromatic rings. The molecule has 9 nitrogen and oxygen atoms in total. The molecule has 0 radical (unpaired) electrons. The van der Waals surface area contributed by atoms with Crippen molar-refractivity contribution in [3.63, 3.8) is 0 Å². The number of benzene rings is 1. The second-order valence-corrected chi connectivity index (χ2v) is 12.1. The normalized spacial score (nSPS) is 17.1. The van der Waals surface area contributed by atoms with Crippen molar-refractivity contribution < 1.29 is 18.0 Å². The minimum atomic E-state index is -4.59. The Labute approximate surface area is 265 Å². The van der Waals surface area contributed by atoms with E-state index in [9.17, 15) is 18.0 Å². The van der Waals surface area contributed by atoms with E-state index in [-0.39, 0.29) is 35.0 Å². The summed E-state index contributed by atoms with van der Waals surface area (Å²) in [5, 5.41) is 10.0. The van der Waals surface area contributed by atoms with Crippen molar-refractivity contribution in [3.8, 4) is 0 Å². The molecule has 0 bridgehead atoms. The average Bonchev–Trinajstić information content (AvgIpc) is 3.14. The number of rotatable bonds is 10. The van der Waals surface area contributed by atoms with Gasteiger partial charge in [0.15, 0.2) is 0 Å². The molecule has 1 amide bonds. The van der Waals surface area contributed by atoms with Crippen LogP contribution in [0.25, 0.3) is 0 Å². The van der Waals surface area contributed by atoms with E-state index in [1.165, 1.54) is 24.3 Å². The molecule has 1 heterocycles. The second kappa shape index (κ2) is 14.8. The van der Waals surface area contributed by atoms with Crippen LogP contribution in [0.15, 0.2) is 82.0 Å². The van der Waals surface area contributed by atoms with Crippen LogP contribution in [0, 0.1) is 6.92 Å². The topological polar surface area (TPSA) is 106 Å². The maximum Gasteiger partial charge on any atom is 0.416 e. The van der Waals surface area contributed by atoms with Crippen molar-refractivity contribution in [1.82, 2.24) is 20.1 Å². The third-order valence-electron chi connectivity index (χ3n) is 8.28. The van der Waals surface area contributed by atoms with Gasteiger partial charge in [0.2, 0.25) is 0 Å². The summed E-state index contributed by atoms with van der Waals surface area (Å²) in [5.74, 6) is 5.74. The number of hydrazone groups is 1. The van der Waals surface area contributed by atoms with E-state index in [2.05, 4.69) is 21.9 Å². The summed E-state index contributed by atoms with van der Waals surface area (Å²) in [7, 11) is 5.87. The minimum absolute atomic E-state index is 0.141. The number of anilines is 1. The fraction of sp³-hybridized carbons (Fsp3) is 0.455. The van der Waals surface area contributed by atoms with Crippen molar-refractivity contribution in [2.45, 2.75) is 65.2 Å². The predicted molar refractivity (Wildman–Crippen MR) is 176 cm³/mol. The number of amides is 1. The summed E-state index contributed by atoms with van der Waals surface area (Å²) in [6.45, 7) is 12.6. The number of nitrogens with one attached hydrogen (secondary N) is 1. The molecule has 0 atom stereocenters. The van der Waals surface area contributed by atoms with Crippen molar-refractivity contribution in [2.75, 3.05) is 39.2 Å². The first-order valence-corrected chi connectivity index (χ1v) is 15.0. The number of aryl methyl sites for hydroxylation is 1. The van der Waals surface area contributed by atoms with E-state index in [0.29, 0.717) is 36.1 Å². The van der Waals surface area contributed by atoms with Gasteiger partial charge in [0, 0.05) is 67.4 Å². The fourth-order valence-electron chi connectivity index (χ4n) is 5.13. The van der Waals surface area contributed by atoms with E-state index in [1.54, 1.807) is 29.3 Å². The van der Waals surface area contributed by atoms with Crippen LogP contribution in [0.3, 0.4) is 0 Å². The number of nitrogens with two attached hydrogens (primary N) is 2. The lowest BCUT2D eigenvalue weighted by Gasteiger charge is -2.38. The molecule has 12 heteroatoms. The van der Waals surface area contributed by atoms with E-state index in [1.807, 2.05) is 46.8 Å². The Morgan fingerprint density at radius 2 is 1.82 bits per heavy atom. The quantitative estimate of drug-likeness (QED) is 0.142. The highest BCUT2D eigenvalue weighted by atomic mass is 19.4. The predicted octanol–water partition coefficient (Wildman–Crippen LogP) is 5.16. The fourth-order valence-corrected chi connectivity index (χ4v) is 5.13. The number of nitrogens with zero attached hydrogens (tertiary/aromatic N) is 5. The maximum atomic E-state index is 14.3. The highest BCUT2D eigenvalue weighted by Crippen LogP contribution is 2.36. The summed E-state index contributed by atoms with van der Waals surface area (Å²) in [6.07, 6.45) is 3.11. The lowest BCUT2D eigenvalue weighted by molar-refractivity contribution is -0.0890. The molecule has 246 valence electrons. The van der Waals surface area contributed by atoms with Crippen molar-refractivity contribution in [1.29, 1.82) is 0 Å². The third kappa shape index (κ3) is 9.24. The highest BCUT2D eigenvalue weighted by Gasteiger charge is 2.37. The molecule has 1 aromatic carbocycles. The Morgan fingerprint density at radius 3 is 2.40 bits per heavy atom. The van der Waals surface area contributed by atoms with Gasteiger partial charge in [-0.3, -0.25) is 14.8 Å². The van der Waals surface area contributed by atoms with Crippen LogP contribution < -0.4 is 21.9 Å². The molecule has 1 aliphatic carbocycles. The smallest absolute Gasteiger partial charge is 0.397 e. The zero-order chi connectivity index (χ0) is 33.6. The van der Waals surface area contributed by atoms with E-state index >= 15 is 0 Å². The van der Waals surface area contributed by atoms with E-state index < -0.39 is 17.7 Å². The van der Waals surface area contributed by atoms with Gasteiger partial charge in [-0.05, 0) is 84.0 Å². The number of carbonyl (C=O) groups excluding carboxylic acids is 1. The molecule has 0 saturated carbocycles. The van der Waals surface area contributed by atoms with Crippen LogP contribution in [-0.2, 0) is 0 Å². The first-order valence-electron chi connectivity index (χ1n) is 15.0. The molecular weight excluding hydrogens is 581 g/mol. The summed E-state index contributed by atoms with van der Waals surface area (Å²) in [5.41, 5.74) is 8.47.